The maximum absolute atomic E-state index is 9.80. The smallest absolute Gasteiger partial charge is 0.140 e. The molecule has 1 N–H and O–H groups in total. The van der Waals surface area contributed by atoms with Crippen LogP contribution in [0.3, 0.4) is 0 Å². The van der Waals surface area contributed by atoms with E-state index in [2.05, 4.69) is 77.1 Å². The fourth-order valence-corrected chi connectivity index (χ4v) is 4.47. The van der Waals surface area contributed by atoms with E-state index in [0.29, 0.717) is 0 Å². The molecular formula is C30H35N3O2. The van der Waals surface area contributed by atoms with Gasteiger partial charge in [-0.1, -0.05) is 80.1 Å². The lowest BCUT2D eigenvalue weighted by Crippen LogP contribution is -2.24. The van der Waals surface area contributed by atoms with Crippen LogP contribution in [0.25, 0.3) is 11.4 Å². The zero-order chi connectivity index (χ0) is 24.5. The summed E-state index contributed by atoms with van der Waals surface area (Å²) >= 11 is 0. The fourth-order valence-electron chi connectivity index (χ4n) is 4.47. The van der Waals surface area contributed by atoms with E-state index in [1.807, 2.05) is 24.4 Å². The van der Waals surface area contributed by atoms with Crippen molar-refractivity contribution in [3.8, 4) is 17.1 Å². The SMILES string of the molecule is CCCCn1c(CN(Cc2ccccc2)Cc2ccc(OC)c(CO)c2)cnc1-c1ccccc1. The summed E-state index contributed by atoms with van der Waals surface area (Å²) in [4.78, 5) is 7.28. The van der Waals surface area contributed by atoms with Crippen LogP contribution in [0.5, 0.6) is 5.75 Å². The Balaban J connectivity index is 1.64. The van der Waals surface area contributed by atoms with E-state index in [-0.39, 0.29) is 6.61 Å². The van der Waals surface area contributed by atoms with Gasteiger partial charge >= 0.3 is 0 Å². The normalized spacial score (nSPS) is 11.2. The lowest BCUT2D eigenvalue weighted by Gasteiger charge is -2.24. The van der Waals surface area contributed by atoms with Gasteiger partial charge in [-0.3, -0.25) is 4.90 Å². The van der Waals surface area contributed by atoms with Gasteiger partial charge in [-0.15, -0.1) is 0 Å². The maximum atomic E-state index is 9.80. The molecule has 35 heavy (non-hydrogen) atoms. The van der Waals surface area contributed by atoms with Gasteiger partial charge in [0.15, 0.2) is 0 Å². The Morgan fingerprint density at radius 3 is 2.29 bits per heavy atom. The van der Waals surface area contributed by atoms with Gasteiger partial charge < -0.3 is 14.4 Å². The van der Waals surface area contributed by atoms with Crippen molar-refractivity contribution in [1.82, 2.24) is 14.5 Å². The van der Waals surface area contributed by atoms with Crippen molar-refractivity contribution < 1.29 is 9.84 Å². The first-order valence-electron chi connectivity index (χ1n) is 12.3. The summed E-state index contributed by atoms with van der Waals surface area (Å²) in [5, 5.41) is 9.80. The molecule has 182 valence electrons. The Morgan fingerprint density at radius 1 is 0.886 bits per heavy atom. The van der Waals surface area contributed by atoms with Crippen LogP contribution < -0.4 is 4.74 Å². The number of aliphatic hydroxyl groups is 1. The number of ether oxygens (including phenoxy) is 1. The van der Waals surface area contributed by atoms with Gasteiger partial charge in [-0.25, -0.2) is 4.98 Å². The number of aromatic nitrogens is 2. The molecule has 0 saturated carbocycles. The number of nitrogens with zero attached hydrogens (tertiary/aromatic N) is 3. The molecule has 0 bridgehead atoms. The molecule has 0 aliphatic heterocycles. The van der Waals surface area contributed by atoms with Crippen LogP contribution in [0.1, 0.15) is 42.1 Å². The van der Waals surface area contributed by atoms with Crippen molar-refractivity contribution in [2.75, 3.05) is 7.11 Å². The summed E-state index contributed by atoms with van der Waals surface area (Å²) in [5.41, 5.74) is 5.58. The molecule has 0 saturated heterocycles. The lowest BCUT2D eigenvalue weighted by atomic mass is 10.1. The molecule has 0 spiro atoms. The number of rotatable bonds is 12. The van der Waals surface area contributed by atoms with Gasteiger partial charge in [-0.05, 0) is 29.7 Å². The van der Waals surface area contributed by atoms with Gasteiger partial charge in [0.1, 0.15) is 11.6 Å². The summed E-state index contributed by atoms with van der Waals surface area (Å²) in [6.45, 7) is 5.49. The summed E-state index contributed by atoms with van der Waals surface area (Å²) in [6, 6.07) is 27.1. The molecule has 0 fully saturated rings. The molecule has 5 nitrogen and oxygen atoms in total. The molecule has 0 aliphatic carbocycles. The van der Waals surface area contributed by atoms with Crippen molar-refractivity contribution in [1.29, 1.82) is 0 Å². The Kier molecular flexibility index (Phi) is 8.71. The van der Waals surface area contributed by atoms with Crippen molar-refractivity contribution in [3.05, 3.63) is 107 Å². The molecule has 0 amide bonds. The van der Waals surface area contributed by atoms with Crippen LogP contribution in [-0.4, -0.2) is 26.7 Å². The molecular weight excluding hydrogens is 434 g/mol. The van der Waals surface area contributed by atoms with E-state index in [4.69, 9.17) is 9.72 Å². The first kappa shape index (κ1) is 24.7. The molecule has 0 unspecified atom stereocenters. The van der Waals surface area contributed by atoms with Crippen LogP contribution in [0.15, 0.2) is 85.1 Å². The Bertz CT molecular complexity index is 1190. The third-order valence-electron chi connectivity index (χ3n) is 6.26. The zero-order valence-electron chi connectivity index (χ0n) is 20.7. The average molecular weight is 470 g/mol. The highest BCUT2D eigenvalue weighted by Gasteiger charge is 2.16. The number of hydrogen-bond donors (Lipinski definition) is 1. The van der Waals surface area contributed by atoms with E-state index in [9.17, 15) is 5.11 Å². The number of benzene rings is 3. The second kappa shape index (κ2) is 12.3. The number of unbranched alkanes of at least 4 members (excludes halogenated alkanes) is 1. The summed E-state index contributed by atoms with van der Waals surface area (Å²) in [7, 11) is 1.64. The van der Waals surface area contributed by atoms with Crippen molar-refractivity contribution in [3.63, 3.8) is 0 Å². The van der Waals surface area contributed by atoms with Crippen molar-refractivity contribution in [2.45, 2.75) is 52.6 Å². The lowest BCUT2D eigenvalue weighted by molar-refractivity contribution is 0.240. The minimum atomic E-state index is -0.0417. The van der Waals surface area contributed by atoms with Gasteiger partial charge in [0.25, 0.3) is 0 Å². The number of aliphatic hydroxyl groups excluding tert-OH is 1. The molecule has 4 rings (SSSR count). The van der Waals surface area contributed by atoms with Crippen LogP contribution >= 0.6 is 0 Å². The van der Waals surface area contributed by atoms with E-state index >= 15 is 0 Å². The topological polar surface area (TPSA) is 50.5 Å². The molecule has 4 aromatic rings. The molecule has 1 heterocycles. The van der Waals surface area contributed by atoms with E-state index in [1.165, 1.54) is 11.3 Å². The predicted octanol–water partition coefficient (Wildman–Crippen LogP) is 6.05. The summed E-state index contributed by atoms with van der Waals surface area (Å²) < 4.78 is 7.78. The molecule has 0 atom stereocenters. The minimum Gasteiger partial charge on any atom is -0.496 e. The third-order valence-corrected chi connectivity index (χ3v) is 6.26. The number of imidazole rings is 1. The largest absolute Gasteiger partial charge is 0.496 e. The fraction of sp³-hybridized carbons (Fsp3) is 0.300. The van der Waals surface area contributed by atoms with Crippen molar-refractivity contribution in [2.24, 2.45) is 0 Å². The van der Waals surface area contributed by atoms with Crippen molar-refractivity contribution >= 4 is 0 Å². The van der Waals surface area contributed by atoms with E-state index < -0.39 is 0 Å². The van der Waals surface area contributed by atoms with Gasteiger partial charge in [0.05, 0.1) is 25.6 Å². The average Bonchev–Trinajstić information content (AvgIpc) is 3.30. The monoisotopic (exact) mass is 469 g/mol. The number of methoxy groups -OCH3 is 1. The van der Waals surface area contributed by atoms with Crippen LogP contribution in [-0.2, 0) is 32.8 Å². The molecule has 3 aromatic carbocycles. The van der Waals surface area contributed by atoms with E-state index in [1.54, 1.807) is 7.11 Å². The Hall–Kier alpha value is -3.41. The standard InChI is InChI=1S/C30H35N3O2/c1-3-4-17-33-28(19-31-30(33)26-13-9-6-10-14-26)22-32(20-24-11-7-5-8-12-24)21-25-15-16-29(35-2)27(18-25)23-34/h5-16,18-19,34H,3-4,17,20-23H2,1-2H3. The van der Waals surface area contributed by atoms with Crippen LogP contribution in [0.4, 0.5) is 0 Å². The van der Waals surface area contributed by atoms with Crippen LogP contribution in [0.2, 0.25) is 0 Å². The first-order chi connectivity index (χ1) is 17.2. The highest BCUT2D eigenvalue weighted by Crippen LogP contribution is 2.24. The highest BCUT2D eigenvalue weighted by molar-refractivity contribution is 5.55. The Morgan fingerprint density at radius 2 is 1.60 bits per heavy atom. The minimum absolute atomic E-state index is 0.0417. The Labute approximate surface area is 208 Å². The predicted molar refractivity (Wildman–Crippen MR) is 141 cm³/mol. The second-order valence-corrected chi connectivity index (χ2v) is 8.88. The first-order valence-corrected chi connectivity index (χ1v) is 12.3. The number of hydrogen-bond acceptors (Lipinski definition) is 4. The molecule has 0 aliphatic rings. The quantitative estimate of drug-likeness (QED) is 0.274. The van der Waals surface area contributed by atoms with E-state index in [0.717, 1.165) is 67.3 Å². The van der Waals surface area contributed by atoms with Crippen LogP contribution in [0, 0.1) is 0 Å². The summed E-state index contributed by atoms with van der Waals surface area (Å²) in [6.07, 6.45) is 4.28. The van der Waals surface area contributed by atoms with Gasteiger partial charge in [-0.2, -0.15) is 0 Å². The zero-order valence-corrected chi connectivity index (χ0v) is 20.7. The summed E-state index contributed by atoms with van der Waals surface area (Å²) in [5.74, 6) is 1.75. The van der Waals surface area contributed by atoms with Gasteiger partial charge in [0, 0.05) is 37.3 Å². The van der Waals surface area contributed by atoms with Gasteiger partial charge in [0.2, 0.25) is 0 Å². The second-order valence-electron chi connectivity index (χ2n) is 8.88. The maximum Gasteiger partial charge on any atom is 0.140 e. The highest BCUT2D eigenvalue weighted by atomic mass is 16.5. The third kappa shape index (κ3) is 6.38. The molecule has 0 radical (unpaired) electrons. The molecule has 1 aromatic heterocycles. The molecule has 5 heteroatoms.